The van der Waals surface area contributed by atoms with Gasteiger partial charge in [0.15, 0.2) is 0 Å². The summed E-state index contributed by atoms with van der Waals surface area (Å²) in [5.41, 5.74) is 1.68. The zero-order valence-electron chi connectivity index (χ0n) is 15.7. The van der Waals surface area contributed by atoms with Gasteiger partial charge in [0.1, 0.15) is 5.75 Å². The van der Waals surface area contributed by atoms with Gasteiger partial charge in [0, 0.05) is 6.54 Å². The molecule has 1 aliphatic rings. The molecular weight excluding hydrogens is 390 g/mol. The first-order chi connectivity index (χ1) is 12.6. The van der Waals surface area contributed by atoms with Crippen LogP contribution >= 0.6 is 11.8 Å². The van der Waals surface area contributed by atoms with Crippen molar-refractivity contribution in [2.75, 3.05) is 19.4 Å². The molecule has 150 valence electrons. The number of thioether (sulfide) groups is 1. The van der Waals surface area contributed by atoms with Gasteiger partial charge in [0.05, 0.1) is 18.1 Å². The molecule has 1 aromatic carbocycles. The molecule has 9 heteroatoms. The normalized spacial score (nSPS) is 17.8. The molecule has 1 atom stereocenters. The van der Waals surface area contributed by atoms with Crippen LogP contribution < -0.4 is 4.74 Å². The Hall–Kier alpha value is -1.58. The highest BCUT2D eigenvalue weighted by molar-refractivity contribution is 8.15. The van der Waals surface area contributed by atoms with Crippen LogP contribution in [0, 0.1) is 5.92 Å². The van der Waals surface area contributed by atoms with Crippen LogP contribution in [-0.4, -0.2) is 53.7 Å². The number of rotatable bonds is 9. The predicted octanol–water partition coefficient (Wildman–Crippen LogP) is 2.78. The monoisotopic (exact) mass is 415 g/mol. The van der Waals surface area contributed by atoms with Crippen LogP contribution in [0.1, 0.15) is 31.4 Å². The molecule has 0 saturated carbocycles. The molecule has 0 aromatic heterocycles. The number of carbonyl (C=O) groups is 2. The van der Waals surface area contributed by atoms with Gasteiger partial charge >= 0.3 is 0 Å². The zero-order chi connectivity index (χ0) is 20.2. The summed E-state index contributed by atoms with van der Waals surface area (Å²) in [7, 11) is -2.48. The van der Waals surface area contributed by atoms with Crippen molar-refractivity contribution in [1.29, 1.82) is 0 Å². The second-order valence-electron chi connectivity index (χ2n) is 6.96. The highest BCUT2D eigenvalue weighted by atomic mass is 32.2. The number of hydrogen-bond acceptors (Lipinski definition) is 6. The van der Waals surface area contributed by atoms with Crippen molar-refractivity contribution in [3.8, 4) is 5.75 Å². The van der Waals surface area contributed by atoms with E-state index in [0.717, 1.165) is 22.9 Å². The molecule has 1 aliphatic heterocycles. The average Bonchev–Trinajstić information content (AvgIpc) is 2.81. The van der Waals surface area contributed by atoms with Crippen LogP contribution in [0.25, 0.3) is 0 Å². The van der Waals surface area contributed by atoms with Crippen molar-refractivity contribution < 1.29 is 27.3 Å². The molecule has 2 rings (SSSR count). The van der Waals surface area contributed by atoms with E-state index in [1.165, 1.54) is 12.0 Å². The Morgan fingerprint density at radius 2 is 2.00 bits per heavy atom. The molecule has 0 bridgehead atoms. The van der Waals surface area contributed by atoms with Gasteiger partial charge in [-0.15, -0.1) is 0 Å². The highest BCUT2D eigenvalue weighted by Gasteiger charge is 2.39. The van der Waals surface area contributed by atoms with Crippen LogP contribution in [0.5, 0.6) is 5.75 Å². The molecule has 0 spiro atoms. The Morgan fingerprint density at radius 1 is 1.30 bits per heavy atom. The minimum atomic E-state index is -4.00. The summed E-state index contributed by atoms with van der Waals surface area (Å²) in [5.74, 6) is 0.350. The van der Waals surface area contributed by atoms with E-state index in [4.69, 9.17) is 9.29 Å². The Kier molecular flexibility index (Phi) is 7.30. The van der Waals surface area contributed by atoms with E-state index in [0.29, 0.717) is 25.1 Å². The minimum absolute atomic E-state index is 0.164. The molecule has 0 radical (unpaired) electrons. The Labute approximate surface area is 164 Å². The molecule has 1 saturated heterocycles. The summed E-state index contributed by atoms with van der Waals surface area (Å²) < 4.78 is 36.0. The van der Waals surface area contributed by atoms with Crippen LogP contribution in [0.4, 0.5) is 4.79 Å². The van der Waals surface area contributed by atoms with E-state index >= 15 is 0 Å². The quantitative estimate of drug-likeness (QED) is 0.619. The average molecular weight is 416 g/mol. The van der Waals surface area contributed by atoms with Gasteiger partial charge in [-0.25, -0.2) is 0 Å². The fourth-order valence-corrected chi connectivity index (χ4v) is 4.52. The number of amides is 2. The number of ether oxygens (including phenoxy) is 1. The van der Waals surface area contributed by atoms with Crippen LogP contribution in [0.2, 0.25) is 0 Å². The van der Waals surface area contributed by atoms with Gasteiger partial charge in [-0.1, -0.05) is 37.7 Å². The van der Waals surface area contributed by atoms with E-state index in [1.807, 2.05) is 26.0 Å². The van der Waals surface area contributed by atoms with Crippen molar-refractivity contribution in [1.82, 2.24) is 4.90 Å². The molecule has 7 nitrogen and oxygen atoms in total. The second kappa shape index (κ2) is 9.07. The maximum atomic E-state index is 12.5. The predicted molar refractivity (Wildman–Crippen MR) is 105 cm³/mol. The summed E-state index contributed by atoms with van der Waals surface area (Å²) >= 11 is 1.05. The van der Waals surface area contributed by atoms with E-state index in [9.17, 15) is 18.0 Å². The summed E-state index contributed by atoms with van der Waals surface area (Å²) in [5, 5.41) is -0.657. The Bertz CT molecular complexity index is 806. The zero-order valence-corrected chi connectivity index (χ0v) is 17.3. The molecule has 1 heterocycles. The number of benzene rings is 1. The van der Waals surface area contributed by atoms with E-state index < -0.39 is 15.4 Å². The SMILES string of the molecule is COc1ccc(CC2SC(=O)N(CC(C)C)C2=O)cc1CCCS(=O)(=O)O. The van der Waals surface area contributed by atoms with Crippen LogP contribution in [0.15, 0.2) is 18.2 Å². The van der Waals surface area contributed by atoms with Crippen molar-refractivity contribution in [2.45, 2.75) is 38.4 Å². The third kappa shape index (κ3) is 6.22. The number of hydrogen-bond donors (Lipinski definition) is 1. The van der Waals surface area contributed by atoms with E-state index in [2.05, 4.69) is 0 Å². The van der Waals surface area contributed by atoms with Gasteiger partial charge in [-0.2, -0.15) is 8.42 Å². The lowest BCUT2D eigenvalue weighted by Crippen LogP contribution is -2.35. The molecular formula is C18H25NO6S2. The number of nitrogens with zero attached hydrogens (tertiary/aromatic N) is 1. The smallest absolute Gasteiger partial charge is 0.289 e. The summed E-state index contributed by atoms with van der Waals surface area (Å²) in [4.78, 5) is 25.9. The topological polar surface area (TPSA) is 101 Å². The standard InChI is InChI=1S/C18H25NO6S2/c1-12(2)11-19-17(20)16(26-18(19)21)10-13-6-7-15(25-3)14(9-13)5-4-8-27(22,23)24/h6-7,9,12,16H,4-5,8,10-11H2,1-3H3,(H,22,23,24). The lowest BCUT2D eigenvalue weighted by Gasteiger charge is -2.16. The molecule has 27 heavy (non-hydrogen) atoms. The molecule has 1 unspecified atom stereocenters. The van der Waals surface area contributed by atoms with E-state index in [1.54, 1.807) is 6.07 Å². The van der Waals surface area contributed by atoms with Crippen molar-refractivity contribution in [3.63, 3.8) is 0 Å². The summed E-state index contributed by atoms with van der Waals surface area (Å²) in [6.07, 6.45) is 1.09. The fraction of sp³-hybridized carbons (Fsp3) is 0.556. The number of imide groups is 1. The number of aryl methyl sites for hydroxylation is 1. The Balaban J connectivity index is 2.09. The maximum absolute atomic E-state index is 12.5. The van der Waals surface area contributed by atoms with Crippen LogP contribution in [0.3, 0.4) is 0 Å². The maximum Gasteiger partial charge on any atom is 0.289 e. The Morgan fingerprint density at radius 3 is 2.59 bits per heavy atom. The lowest BCUT2D eigenvalue weighted by atomic mass is 10.0. The molecule has 1 fully saturated rings. The third-order valence-corrected chi connectivity index (χ3v) is 6.05. The number of carbonyl (C=O) groups excluding carboxylic acids is 2. The van der Waals surface area contributed by atoms with Crippen molar-refractivity contribution >= 4 is 33.0 Å². The first-order valence-electron chi connectivity index (χ1n) is 8.73. The minimum Gasteiger partial charge on any atom is -0.496 e. The summed E-state index contributed by atoms with van der Waals surface area (Å²) in [6, 6.07) is 5.48. The first-order valence-corrected chi connectivity index (χ1v) is 11.2. The van der Waals surface area contributed by atoms with Gasteiger partial charge in [0.2, 0.25) is 5.91 Å². The largest absolute Gasteiger partial charge is 0.496 e. The van der Waals surface area contributed by atoms with Gasteiger partial charge in [0.25, 0.3) is 15.4 Å². The first kappa shape index (κ1) is 21.7. The molecule has 1 aromatic rings. The fourth-order valence-electron chi connectivity index (χ4n) is 2.97. The van der Waals surface area contributed by atoms with Crippen molar-refractivity contribution in [2.24, 2.45) is 5.92 Å². The lowest BCUT2D eigenvalue weighted by molar-refractivity contribution is -0.127. The van der Waals surface area contributed by atoms with Crippen molar-refractivity contribution in [3.05, 3.63) is 29.3 Å². The third-order valence-electron chi connectivity index (χ3n) is 4.17. The van der Waals surface area contributed by atoms with E-state index in [-0.39, 0.29) is 29.2 Å². The highest BCUT2D eigenvalue weighted by Crippen LogP contribution is 2.31. The van der Waals surface area contributed by atoms with Gasteiger partial charge in [-0.05, 0) is 42.4 Å². The second-order valence-corrected chi connectivity index (χ2v) is 9.68. The molecule has 2 amide bonds. The molecule has 1 N–H and O–H groups in total. The number of methoxy groups -OCH3 is 1. The summed E-state index contributed by atoms with van der Waals surface area (Å²) in [6.45, 7) is 4.34. The molecule has 0 aliphatic carbocycles. The van der Waals surface area contributed by atoms with Gasteiger partial charge < -0.3 is 4.74 Å². The van der Waals surface area contributed by atoms with Gasteiger partial charge in [-0.3, -0.25) is 19.0 Å². The van der Waals surface area contributed by atoms with Crippen LogP contribution in [-0.2, 0) is 27.8 Å².